The SMILES string of the molecule is CCc1[nH]c(C(=O)NCC#N)c(C)c1C(=O)OC. The summed E-state index contributed by atoms with van der Waals surface area (Å²) in [6.45, 7) is 3.46. The number of aromatic nitrogens is 1. The van der Waals surface area contributed by atoms with Crippen molar-refractivity contribution in [2.24, 2.45) is 0 Å². The number of esters is 1. The summed E-state index contributed by atoms with van der Waals surface area (Å²) in [7, 11) is 1.30. The van der Waals surface area contributed by atoms with Gasteiger partial charge in [-0.1, -0.05) is 6.92 Å². The van der Waals surface area contributed by atoms with E-state index in [1.165, 1.54) is 7.11 Å². The Balaban J connectivity index is 3.16. The molecule has 6 nitrogen and oxygen atoms in total. The largest absolute Gasteiger partial charge is 0.465 e. The van der Waals surface area contributed by atoms with Crippen LogP contribution in [0, 0.1) is 18.3 Å². The van der Waals surface area contributed by atoms with Gasteiger partial charge in [0.25, 0.3) is 5.91 Å². The lowest BCUT2D eigenvalue weighted by Gasteiger charge is -2.01. The van der Waals surface area contributed by atoms with Crippen molar-refractivity contribution in [1.82, 2.24) is 10.3 Å². The lowest BCUT2D eigenvalue weighted by Crippen LogP contribution is -2.24. The molecule has 0 aliphatic rings. The van der Waals surface area contributed by atoms with Crippen molar-refractivity contribution < 1.29 is 14.3 Å². The molecular weight excluding hydrogens is 234 g/mol. The van der Waals surface area contributed by atoms with Crippen LogP contribution in [-0.2, 0) is 11.2 Å². The number of H-pyrrole nitrogens is 1. The number of nitrogens with zero attached hydrogens (tertiary/aromatic N) is 1. The molecule has 0 aliphatic carbocycles. The highest BCUT2D eigenvalue weighted by Crippen LogP contribution is 2.20. The standard InChI is InChI=1S/C12H15N3O3/c1-4-8-9(12(17)18-3)7(2)10(15-8)11(16)14-6-5-13/h15H,4,6H2,1-3H3,(H,14,16). The number of methoxy groups -OCH3 is 1. The molecule has 0 aromatic carbocycles. The molecular formula is C12H15N3O3. The van der Waals surface area contributed by atoms with Crippen molar-refractivity contribution in [1.29, 1.82) is 5.26 Å². The Labute approximate surface area is 105 Å². The lowest BCUT2D eigenvalue weighted by molar-refractivity contribution is 0.0599. The molecule has 0 unspecified atom stereocenters. The average molecular weight is 249 g/mol. The third-order valence-electron chi connectivity index (χ3n) is 2.63. The van der Waals surface area contributed by atoms with Crippen LogP contribution in [0.1, 0.15) is 39.0 Å². The van der Waals surface area contributed by atoms with E-state index in [1.54, 1.807) is 6.92 Å². The van der Waals surface area contributed by atoms with E-state index < -0.39 is 11.9 Å². The van der Waals surface area contributed by atoms with Crippen LogP contribution in [0.5, 0.6) is 0 Å². The zero-order valence-corrected chi connectivity index (χ0v) is 10.6. The fraction of sp³-hybridized carbons (Fsp3) is 0.417. The van der Waals surface area contributed by atoms with Crippen LogP contribution in [-0.4, -0.2) is 30.5 Å². The Kier molecular flexibility index (Phi) is 4.49. The monoisotopic (exact) mass is 249 g/mol. The molecule has 1 aromatic heterocycles. The first-order valence-electron chi connectivity index (χ1n) is 5.51. The van der Waals surface area contributed by atoms with Gasteiger partial charge in [0.15, 0.2) is 0 Å². The number of hydrogen-bond donors (Lipinski definition) is 2. The van der Waals surface area contributed by atoms with E-state index >= 15 is 0 Å². The number of aryl methyl sites for hydroxylation is 1. The first-order chi connectivity index (χ1) is 8.56. The van der Waals surface area contributed by atoms with E-state index in [0.29, 0.717) is 28.9 Å². The number of carbonyl (C=O) groups is 2. The Hall–Kier alpha value is -2.29. The first kappa shape index (κ1) is 13.8. The molecule has 18 heavy (non-hydrogen) atoms. The van der Waals surface area contributed by atoms with Crippen LogP contribution in [0.25, 0.3) is 0 Å². The number of amides is 1. The Bertz CT molecular complexity index is 511. The zero-order chi connectivity index (χ0) is 13.7. The minimum absolute atomic E-state index is 0.0771. The van der Waals surface area contributed by atoms with E-state index in [2.05, 4.69) is 10.3 Å². The molecule has 96 valence electrons. The molecule has 1 heterocycles. The smallest absolute Gasteiger partial charge is 0.339 e. The van der Waals surface area contributed by atoms with Crippen LogP contribution in [0.4, 0.5) is 0 Å². The topological polar surface area (TPSA) is 95.0 Å². The van der Waals surface area contributed by atoms with Crippen LogP contribution < -0.4 is 5.32 Å². The van der Waals surface area contributed by atoms with E-state index in [-0.39, 0.29) is 6.54 Å². The quantitative estimate of drug-likeness (QED) is 0.613. The van der Waals surface area contributed by atoms with Crippen LogP contribution in [0.2, 0.25) is 0 Å². The second-order valence-electron chi connectivity index (χ2n) is 3.66. The number of aromatic amines is 1. The fourth-order valence-electron chi connectivity index (χ4n) is 1.74. The predicted molar refractivity (Wildman–Crippen MR) is 64.2 cm³/mol. The van der Waals surface area contributed by atoms with Crippen molar-refractivity contribution in [3.05, 3.63) is 22.5 Å². The third kappa shape index (κ3) is 2.51. The fourth-order valence-corrected chi connectivity index (χ4v) is 1.74. The van der Waals surface area contributed by atoms with Gasteiger partial charge >= 0.3 is 5.97 Å². The number of hydrogen-bond acceptors (Lipinski definition) is 4. The maximum absolute atomic E-state index is 11.8. The van der Waals surface area contributed by atoms with Gasteiger partial charge in [-0.15, -0.1) is 0 Å². The molecule has 1 rings (SSSR count). The van der Waals surface area contributed by atoms with Crippen LogP contribution >= 0.6 is 0 Å². The van der Waals surface area contributed by atoms with E-state index in [0.717, 1.165) is 0 Å². The minimum Gasteiger partial charge on any atom is -0.465 e. The molecule has 0 atom stereocenters. The molecule has 0 saturated heterocycles. The average Bonchev–Trinajstić information content (AvgIpc) is 2.72. The molecule has 2 N–H and O–H groups in total. The minimum atomic E-state index is -0.472. The van der Waals surface area contributed by atoms with Crippen molar-refractivity contribution >= 4 is 11.9 Å². The second kappa shape index (κ2) is 5.87. The molecule has 0 fully saturated rings. The summed E-state index contributed by atoms with van der Waals surface area (Å²) in [5, 5.41) is 10.8. The van der Waals surface area contributed by atoms with Crippen molar-refractivity contribution in [3.63, 3.8) is 0 Å². The normalized spacial score (nSPS) is 9.67. The highest BCUT2D eigenvalue weighted by molar-refractivity contribution is 6.00. The van der Waals surface area contributed by atoms with Gasteiger partial charge < -0.3 is 15.0 Å². The van der Waals surface area contributed by atoms with Gasteiger partial charge in [0.1, 0.15) is 12.2 Å². The summed E-state index contributed by atoms with van der Waals surface area (Å²) in [5.74, 6) is -0.876. The molecule has 0 bridgehead atoms. The third-order valence-corrected chi connectivity index (χ3v) is 2.63. The molecule has 0 radical (unpaired) electrons. The number of rotatable bonds is 4. The van der Waals surface area contributed by atoms with Gasteiger partial charge in [-0.2, -0.15) is 5.26 Å². The van der Waals surface area contributed by atoms with E-state index in [4.69, 9.17) is 10.00 Å². The second-order valence-corrected chi connectivity index (χ2v) is 3.66. The van der Waals surface area contributed by atoms with Gasteiger partial charge in [0.2, 0.25) is 0 Å². The highest BCUT2D eigenvalue weighted by atomic mass is 16.5. The molecule has 0 saturated carbocycles. The maximum Gasteiger partial charge on any atom is 0.339 e. The summed E-state index contributed by atoms with van der Waals surface area (Å²) < 4.78 is 4.69. The van der Waals surface area contributed by atoms with Gasteiger partial charge in [0.05, 0.1) is 18.7 Å². The molecule has 1 amide bonds. The number of nitriles is 1. The summed E-state index contributed by atoms with van der Waals surface area (Å²) in [4.78, 5) is 26.3. The number of ether oxygens (including phenoxy) is 1. The van der Waals surface area contributed by atoms with Gasteiger partial charge in [-0.05, 0) is 18.9 Å². The van der Waals surface area contributed by atoms with Gasteiger partial charge in [-0.25, -0.2) is 4.79 Å². The Morgan fingerprint density at radius 1 is 1.50 bits per heavy atom. The highest BCUT2D eigenvalue weighted by Gasteiger charge is 2.23. The first-order valence-corrected chi connectivity index (χ1v) is 5.51. The van der Waals surface area contributed by atoms with Gasteiger partial charge in [0, 0.05) is 5.69 Å². The Morgan fingerprint density at radius 3 is 2.67 bits per heavy atom. The Morgan fingerprint density at radius 2 is 2.17 bits per heavy atom. The lowest BCUT2D eigenvalue weighted by atomic mass is 10.1. The summed E-state index contributed by atoms with van der Waals surface area (Å²) in [5.41, 5.74) is 1.88. The van der Waals surface area contributed by atoms with Crippen molar-refractivity contribution in [3.8, 4) is 6.07 Å². The van der Waals surface area contributed by atoms with E-state index in [1.807, 2.05) is 13.0 Å². The van der Waals surface area contributed by atoms with Gasteiger partial charge in [-0.3, -0.25) is 4.79 Å². The summed E-state index contributed by atoms with van der Waals surface area (Å²) in [6, 6.07) is 1.82. The zero-order valence-electron chi connectivity index (χ0n) is 10.6. The van der Waals surface area contributed by atoms with E-state index in [9.17, 15) is 9.59 Å². The molecule has 6 heteroatoms. The molecule has 0 aliphatic heterocycles. The predicted octanol–water partition coefficient (Wildman–Crippen LogP) is 0.926. The van der Waals surface area contributed by atoms with Crippen molar-refractivity contribution in [2.75, 3.05) is 13.7 Å². The number of carbonyl (C=O) groups excluding carboxylic acids is 2. The summed E-state index contributed by atoms with van der Waals surface area (Å²) >= 11 is 0. The maximum atomic E-state index is 11.8. The van der Waals surface area contributed by atoms with Crippen molar-refractivity contribution in [2.45, 2.75) is 20.3 Å². The van der Waals surface area contributed by atoms with Crippen LogP contribution in [0.15, 0.2) is 0 Å². The number of nitrogens with one attached hydrogen (secondary N) is 2. The molecule has 0 spiro atoms. The summed E-state index contributed by atoms with van der Waals surface area (Å²) in [6.07, 6.45) is 0.580. The van der Waals surface area contributed by atoms with Crippen LogP contribution in [0.3, 0.4) is 0 Å². The molecule has 1 aromatic rings.